The number of nitrogens with zero attached hydrogens (tertiary/aromatic N) is 1. The monoisotopic (exact) mass is 437 g/mol. The number of carboxylic acid groups (broad SMARTS) is 1. The van der Waals surface area contributed by atoms with Crippen LogP contribution in [0.4, 0.5) is 0 Å². The first-order chi connectivity index (χ1) is 14.0. The van der Waals surface area contributed by atoms with Crippen molar-refractivity contribution in [3.63, 3.8) is 0 Å². The minimum Gasteiger partial charge on any atom is -0.480 e. The Morgan fingerprint density at radius 2 is 1.67 bits per heavy atom. The summed E-state index contributed by atoms with van der Waals surface area (Å²) in [5.74, 6) is -1.74. The Balaban J connectivity index is 1.77. The van der Waals surface area contributed by atoms with Crippen LogP contribution in [0.3, 0.4) is 0 Å². The number of carbonyl (C=O) groups is 2. The Morgan fingerprint density at radius 1 is 1.07 bits per heavy atom. The van der Waals surface area contributed by atoms with Crippen molar-refractivity contribution in [1.29, 1.82) is 0 Å². The minimum atomic E-state index is -4.03. The topological polar surface area (TPSA) is 101 Å². The molecule has 7 nitrogen and oxygen atoms in total. The summed E-state index contributed by atoms with van der Waals surface area (Å²) in [4.78, 5) is 24.3. The van der Waals surface area contributed by atoms with Crippen molar-refractivity contribution < 1.29 is 27.9 Å². The van der Waals surface area contributed by atoms with E-state index >= 15 is 0 Å². The number of carboxylic acids is 1. The molecule has 0 aromatic heterocycles. The highest BCUT2D eigenvalue weighted by molar-refractivity contribution is 7.89. The highest BCUT2D eigenvalue weighted by atomic mass is 32.2. The quantitative estimate of drug-likeness (QED) is 0.709. The molecule has 8 heteroatoms. The first-order valence-electron chi connectivity index (χ1n) is 10.6. The summed E-state index contributed by atoms with van der Waals surface area (Å²) in [5, 5.41) is 9.60. The number of benzene rings is 1. The maximum absolute atomic E-state index is 13.2. The van der Waals surface area contributed by atoms with Gasteiger partial charge in [-0.05, 0) is 36.0 Å². The molecule has 1 heterocycles. The molecule has 0 radical (unpaired) electrons. The molecule has 166 valence electrons. The zero-order chi connectivity index (χ0) is 22.1. The average molecular weight is 438 g/mol. The van der Waals surface area contributed by atoms with E-state index in [2.05, 4.69) is 0 Å². The highest BCUT2D eigenvalue weighted by Gasteiger charge is 2.46. The number of hydrogen-bond acceptors (Lipinski definition) is 5. The van der Waals surface area contributed by atoms with Gasteiger partial charge in [0.2, 0.25) is 10.0 Å². The van der Waals surface area contributed by atoms with Crippen LogP contribution in [0.5, 0.6) is 0 Å². The Labute approximate surface area is 178 Å². The van der Waals surface area contributed by atoms with Crippen molar-refractivity contribution in [2.45, 2.75) is 81.8 Å². The normalized spacial score (nSPS) is 24.0. The first-order valence-corrected chi connectivity index (χ1v) is 12.0. The summed E-state index contributed by atoms with van der Waals surface area (Å²) in [6, 6.07) is 5.27. The van der Waals surface area contributed by atoms with Crippen molar-refractivity contribution in [2.24, 2.45) is 5.92 Å². The Bertz CT molecular complexity index is 881. The van der Waals surface area contributed by atoms with Gasteiger partial charge in [-0.1, -0.05) is 52.2 Å². The fraction of sp³-hybridized carbons (Fsp3) is 0.636. The molecule has 1 aromatic rings. The molecule has 1 aliphatic carbocycles. The highest BCUT2D eigenvalue weighted by Crippen LogP contribution is 2.31. The second-order valence-electron chi connectivity index (χ2n) is 9.33. The van der Waals surface area contributed by atoms with Gasteiger partial charge >= 0.3 is 11.9 Å². The van der Waals surface area contributed by atoms with Gasteiger partial charge in [0.1, 0.15) is 12.1 Å². The van der Waals surface area contributed by atoms with E-state index in [1.54, 1.807) is 12.1 Å². The third-order valence-corrected chi connectivity index (χ3v) is 7.94. The molecular weight excluding hydrogens is 406 g/mol. The van der Waals surface area contributed by atoms with Crippen molar-refractivity contribution in [2.75, 3.05) is 6.54 Å². The summed E-state index contributed by atoms with van der Waals surface area (Å²) < 4.78 is 32.8. The molecule has 2 aliphatic rings. The molecule has 30 heavy (non-hydrogen) atoms. The van der Waals surface area contributed by atoms with Gasteiger partial charge in [0.15, 0.2) is 0 Å². The van der Waals surface area contributed by atoms with Crippen LogP contribution in [0.2, 0.25) is 0 Å². The number of ether oxygens (including phenoxy) is 1. The van der Waals surface area contributed by atoms with E-state index in [4.69, 9.17) is 4.74 Å². The number of carbonyl (C=O) groups excluding carboxylic acids is 1. The third-order valence-electron chi connectivity index (χ3n) is 6.05. The molecular formula is C22H31NO6S. The number of sulfonamides is 1. The lowest BCUT2D eigenvalue weighted by atomic mass is 9.87. The van der Waals surface area contributed by atoms with E-state index in [1.165, 1.54) is 12.1 Å². The van der Waals surface area contributed by atoms with Gasteiger partial charge in [-0.25, -0.2) is 8.42 Å². The van der Waals surface area contributed by atoms with Crippen LogP contribution < -0.4 is 0 Å². The lowest BCUT2D eigenvalue weighted by Gasteiger charge is -2.23. The zero-order valence-electron chi connectivity index (χ0n) is 17.8. The van der Waals surface area contributed by atoms with Gasteiger partial charge in [-0.15, -0.1) is 0 Å². The molecule has 2 fully saturated rings. The van der Waals surface area contributed by atoms with E-state index in [0.29, 0.717) is 0 Å². The fourth-order valence-electron chi connectivity index (χ4n) is 4.21. The summed E-state index contributed by atoms with van der Waals surface area (Å²) in [6.45, 7) is 5.95. The SMILES string of the molecule is CC(C)(C)c1ccc(S(=O)(=O)N2C[C@H](OC(=O)C3CCCCC3)C[C@@H]2C(=O)O)cc1. The lowest BCUT2D eigenvalue weighted by molar-refractivity contribution is -0.155. The van der Waals surface area contributed by atoms with Crippen LogP contribution in [0, 0.1) is 5.92 Å². The number of hydrogen-bond donors (Lipinski definition) is 1. The van der Waals surface area contributed by atoms with Crippen LogP contribution >= 0.6 is 0 Å². The standard InChI is InChI=1S/C22H31NO6S/c1-22(2,3)16-9-11-18(12-10-16)30(27,28)23-14-17(13-19(23)20(24)25)29-21(26)15-7-5-4-6-8-15/h9-12,15,17,19H,4-8,13-14H2,1-3H3,(H,24,25)/t17-,19-/m1/s1. The van der Waals surface area contributed by atoms with Crippen LogP contribution in [0.25, 0.3) is 0 Å². The maximum atomic E-state index is 13.2. The first kappa shape index (κ1) is 22.7. The molecule has 1 saturated heterocycles. The molecule has 1 aliphatic heterocycles. The lowest BCUT2D eigenvalue weighted by Crippen LogP contribution is -2.40. The smallest absolute Gasteiger partial charge is 0.322 e. The van der Waals surface area contributed by atoms with Gasteiger partial charge in [-0.3, -0.25) is 9.59 Å². The van der Waals surface area contributed by atoms with E-state index in [9.17, 15) is 23.1 Å². The Morgan fingerprint density at radius 3 is 2.20 bits per heavy atom. The van der Waals surface area contributed by atoms with E-state index in [1.807, 2.05) is 20.8 Å². The van der Waals surface area contributed by atoms with Gasteiger partial charge in [-0.2, -0.15) is 4.31 Å². The molecule has 0 unspecified atom stereocenters. The van der Waals surface area contributed by atoms with Crippen LogP contribution in [0.1, 0.15) is 64.9 Å². The predicted molar refractivity (Wildman–Crippen MR) is 112 cm³/mol. The zero-order valence-corrected chi connectivity index (χ0v) is 18.7. The van der Waals surface area contributed by atoms with Crippen LogP contribution in [-0.2, 0) is 29.8 Å². The fourth-order valence-corrected chi connectivity index (χ4v) is 5.83. The number of esters is 1. The van der Waals surface area contributed by atoms with E-state index in [-0.39, 0.29) is 35.2 Å². The van der Waals surface area contributed by atoms with Crippen molar-refractivity contribution in [3.05, 3.63) is 29.8 Å². The van der Waals surface area contributed by atoms with Crippen LogP contribution in [0.15, 0.2) is 29.2 Å². The van der Waals surface area contributed by atoms with Crippen molar-refractivity contribution in [3.8, 4) is 0 Å². The second-order valence-corrected chi connectivity index (χ2v) is 11.2. The number of rotatable bonds is 5. The molecule has 1 saturated carbocycles. The Hall–Kier alpha value is -1.93. The molecule has 0 spiro atoms. The molecule has 3 rings (SSSR count). The predicted octanol–water partition coefficient (Wildman–Crippen LogP) is 3.32. The second kappa shape index (κ2) is 8.67. The van der Waals surface area contributed by atoms with Crippen molar-refractivity contribution in [1.82, 2.24) is 4.31 Å². The van der Waals surface area contributed by atoms with E-state index in [0.717, 1.165) is 42.0 Å². The molecule has 1 aromatic carbocycles. The van der Waals surface area contributed by atoms with Gasteiger partial charge in [0.25, 0.3) is 0 Å². The summed E-state index contributed by atoms with van der Waals surface area (Å²) in [6.07, 6.45) is 3.83. The molecule has 0 amide bonds. The molecule has 2 atom stereocenters. The average Bonchev–Trinajstić information content (AvgIpc) is 3.13. The van der Waals surface area contributed by atoms with E-state index < -0.39 is 28.1 Å². The Kier molecular flexibility index (Phi) is 6.57. The molecule has 0 bridgehead atoms. The summed E-state index contributed by atoms with van der Waals surface area (Å²) in [5.41, 5.74) is 0.856. The molecule has 1 N–H and O–H groups in total. The van der Waals surface area contributed by atoms with Gasteiger partial charge in [0, 0.05) is 6.42 Å². The van der Waals surface area contributed by atoms with Crippen LogP contribution in [-0.4, -0.2) is 48.5 Å². The van der Waals surface area contributed by atoms with Gasteiger partial charge in [0.05, 0.1) is 17.4 Å². The van der Waals surface area contributed by atoms with Crippen molar-refractivity contribution >= 4 is 22.0 Å². The number of aliphatic carboxylic acids is 1. The summed E-state index contributed by atoms with van der Waals surface area (Å²) in [7, 11) is -4.03. The summed E-state index contributed by atoms with van der Waals surface area (Å²) >= 11 is 0. The maximum Gasteiger partial charge on any atom is 0.322 e. The minimum absolute atomic E-state index is 0.0346. The third kappa shape index (κ3) is 4.86. The van der Waals surface area contributed by atoms with Gasteiger partial charge < -0.3 is 9.84 Å². The largest absolute Gasteiger partial charge is 0.480 e.